The van der Waals surface area contributed by atoms with Crippen LogP contribution in [0.2, 0.25) is 0 Å². The molecule has 1 fully saturated rings. The predicted octanol–water partition coefficient (Wildman–Crippen LogP) is 6.13. The molecule has 162 valence electrons. The van der Waals surface area contributed by atoms with Gasteiger partial charge in [0.05, 0.1) is 22.6 Å². The molecule has 1 aromatic heterocycles. The fourth-order valence-corrected chi connectivity index (χ4v) is 4.52. The lowest BCUT2D eigenvalue weighted by Crippen LogP contribution is -2.22. The van der Waals surface area contributed by atoms with Crippen LogP contribution in [0.25, 0.3) is 10.6 Å². The first-order valence-corrected chi connectivity index (χ1v) is 10.5. The van der Waals surface area contributed by atoms with Gasteiger partial charge in [-0.15, -0.1) is 11.3 Å². The number of carbonyl (C=O) groups excluding carboxylic acids is 1. The molecule has 3 aromatic rings. The molecule has 4 nitrogen and oxygen atoms in total. The number of amides is 1. The molecule has 9 heteroatoms. The highest BCUT2D eigenvalue weighted by atomic mass is 32.1. The van der Waals surface area contributed by atoms with Crippen molar-refractivity contribution in [3.8, 4) is 10.6 Å². The van der Waals surface area contributed by atoms with E-state index >= 15 is 0 Å². The summed E-state index contributed by atoms with van der Waals surface area (Å²) in [6.07, 6.45) is -2.62. The van der Waals surface area contributed by atoms with Crippen molar-refractivity contribution in [2.45, 2.75) is 25.9 Å². The van der Waals surface area contributed by atoms with E-state index in [1.807, 2.05) is 4.90 Å². The second kappa shape index (κ2) is 8.30. The van der Waals surface area contributed by atoms with E-state index < -0.39 is 17.6 Å². The summed E-state index contributed by atoms with van der Waals surface area (Å²) in [7, 11) is 0. The minimum absolute atomic E-state index is 0.123. The van der Waals surface area contributed by atoms with E-state index in [0.717, 1.165) is 49.4 Å². The van der Waals surface area contributed by atoms with E-state index in [1.54, 1.807) is 19.1 Å². The van der Waals surface area contributed by atoms with Crippen molar-refractivity contribution in [1.29, 1.82) is 0 Å². The first kappa shape index (κ1) is 21.3. The quantitative estimate of drug-likeness (QED) is 0.488. The molecular formula is C22H19F4N3OS. The van der Waals surface area contributed by atoms with Gasteiger partial charge in [-0.05, 0) is 62.2 Å². The Labute approximate surface area is 180 Å². The Balaban J connectivity index is 1.65. The van der Waals surface area contributed by atoms with E-state index in [4.69, 9.17) is 0 Å². The SMILES string of the molecule is Cc1nc(-c2ccc(F)cc2)sc1C(=O)Nc1cc(C(F)(F)F)ccc1N1CCCC1. The van der Waals surface area contributed by atoms with E-state index in [2.05, 4.69) is 10.3 Å². The Morgan fingerprint density at radius 3 is 2.42 bits per heavy atom. The number of carbonyl (C=O) groups is 1. The summed E-state index contributed by atoms with van der Waals surface area (Å²) in [6, 6.07) is 9.15. The van der Waals surface area contributed by atoms with Gasteiger partial charge < -0.3 is 10.2 Å². The van der Waals surface area contributed by atoms with E-state index in [-0.39, 0.29) is 11.5 Å². The summed E-state index contributed by atoms with van der Waals surface area (Å²) < 4.78 is 53.0. The van der Waals surface area contributed by atoms with Crippen molar-refractivity contribution < 1.29 is 22.4 Å². The Kier molecular flexibility index (Phi) is 5.70. The molecule has 0 unspecified atom stereocenters. The van der Waals surface area contributed by atoms with Crippen LogP contribution in [0.3, 0.4) is 0 Å². The number of alkyl halides is 3. The average Bonchev–Trinajstić information content (AvgIpc) is 3.38. The fourth-order valence-electron chi connectivity index (χ4n) is 3.55. The molecule has 1 aliphatic heterocycles. The number of rotatable bonds is 4. The predicted molar refractivity (Wildman–Crippen MR) is 113 cm³/mol. The van der Waals surface area contributed by atoms with Crippen molar-refractivity contribution in [1.82, 2.24) is 4.98 Å². The van der Waals surface area contributed by atoms with E-state index in [9.17, 15) is 22.4 Å². The number of nitrogens with zero attached hydrogens (tertiary/aromatic N) is 2. The van der Waals surface area contributed by atoms with Gasteiger partial charge in [0.1, 0.15) is 15.7 Å². The van der Waals surface area contributed by atoms with Crippen molar-refractivity contribution in [3.05, 3.63) is 64.4 Å². The number of aryl methyl sites for hydroxylation is 1. The molecule has 31 heavy (non-hydrogen) atoms. The molecule has 1 N–H and O–H groups in total. The van der Waals surface area contributed by atoms with Crippen LogP contribution >= 0.6 is 11.3 Å². The third kappa shape index (κ3) is 4.56. The lowest BCUT2D eigenvalue weighted by Gasteiger charge is -2.22. The molecule has 4 rings (SSSR count). The third-order valence-corrected chi connectivity index (χ3v) is 6.32. The van der Waals surface area contributed by atoms with Gasteiger partial charge in [-0.2, -0.15) is 13.2 Å². The lowest BCUT2D eigenvalue weighted by molar-refractivity contribution is -0.137. The highest BCUT2D eigenvalue weighted by Crippen LogP contribution is 2.37. The smallest absolute Gasteiger partial charge is 0.370 e. The third-order valence-electron chi connectivity index (χ3n) is 5.11. The molecule has 1 saturated heterocycles. The Morgan fingerprint density at radius 2 is 1.77 bits per heavy atom. The molecule has 0 radical (unpaired) electrons. The van der Waals surface area contributed by atoms with Gasteiger partial charge >= 0.3 is 6.18 Å². The molecule has 0 bridgehead atoms. The lowest BCUT2D eigenvalue weighted by atomic mass is 10.1. The van der Waals surface area contributed by atoms with Gasteiger partial charge in [0.15, 0.2) is 0 Å². The van der Waals surface area contributed by atoms with Gasteiger partial charge in [0.25, 0.3) is 5.91 Å². The highest BCUT2D eigenvalue weighted by molar-refractivity contribution is 7.17. The number of anilines is 2. The summed E-state index contributed by atoms with van der Waals surface area (Å²) in [5.41, 5.74) is 0.985. The normalized spacial score (nSPS) is 14.2. The molecular weight excluding hydrogens is 430 g/mol. The summed E-state index contributed by atoms with van der Waals surface area (Å²) in [5.74, 6) is -0.905. The van der Waals surface area contributed by atoms with Gasteiger partial charge in [-0.1, -0.05) is 0 Å². The largest absolute Gasteiger partial charge is 0.416 e. The molecule has 2 heterocycles. The zero-order valence-corrected chi connectivity index (χ0v) is 17.4. The number of benzene rings is 2. The summed E-state index contributed by atoms with van der Waals surface area (Å²) in [5, 5.41) is 3.19. The summed E-state index contributed by atoms with van der Waals surface area (Å²) in [6.45, 7) is 3.11. The Morgan fingerprint density at radius 1 is 1.10 bits per heavy atom. The zero-order valence-electron chi connectivity index (χ0n) is 16.6. The number of aromatic nitrogens is 1. The van der Waals surface area contributed by atoms with Crippen LogP contribution in [-0.2, 0) is 6.18 Å². The highest BCUT2D eigenvalue weighted by Gasteiger charge is 2.32. The summed E-state index contributed by atoms with van der Waals surface area (Å²) in [4.78, 5) is 19.6. The van der Waals surface area contributed by atoms with Crippen LogP contribution < -0.4 is 10.2 Å². The second-order valence-electron chi connectivity index (χ2n) is 7.32. The van der Waals surface area contributed by atoms with Crippen LogP contribution in [0.5, 0.6) is 0 Å². The number of hydrogen-bond acceptors (Lipinski definition) is 4. The van der Waals surface area contributed by atoms with Crippen molar-refractivity contribution in [2.75, 3.05) is 23.3 Å². The number of thiazole rings is 1. The van der Waals surface area contributed by atoms with Crippen LogP contribution in [0.1, 0.15) is 33.8 Å². The molecule has 0 aliphatic carbocycles. The van der Waals surface area contributed by atoms with Crippen LogP contribution in [0.15, 0.2) is 42.5 Å². The topological polar surface area (TPSA) is 45.2 Å². The van der Waals surface area contributed by atoms with Gasteiger partial charge in [-0.25, -0.2) is 9.37 Å². The van der Waals surface area contributed by atoms with Crippen molar-refractivity contribution in [3.63, 3.8) is 0 Å². The van der Waals surface area contributed by atoms with Gasteiger partial charge in [-0.3, -0.25) is 4.79 Å². The maximum absolute atomic E-state index is 13.3. The van der Waals surface area contributed by atoms with Gasteiger partial charge in [0, 0.05) is 18.7 Å². The Bertz CT molecular complexity index is 1100. The second-order valence-corrected chi connectivity index (χ2v) is 8.32. The minimum Gasteiger partial charge on any atom is -0.370 e. The number of nitrogens with one attached hydrogen (secondary N) is 1. The maximum atomic E-state index is 13.3. The Hall–Kier alpha value is -2.94. The maximum Gasteiger partial charge on any atom is 0.416 e. The van der Waals surface area contributed by atoms with Crippen LogP contribution in [-0.4, -0.2) is 24.0 Å². The molecule has 2 aromatic carbocycles. The monoisotopic (exact) mass is 449 g/mol. The standard InChI is InChI=1S/C22H19F4N3OS/c1-13-19(31-21(27-13)14-4-7-16(23)8-5-14)20(30)28-17-12-15(22(24,25)26)6-9-18(17)29-10-2-3-11-29/h4-9,12H,2-3,10-11H2,1H3,(H,28,30). The zero-order chi connectivity index (χ0) is 22.2. The van der Waals surface area contributed by atoms with Crippen LogP contribution in [0.4, 0.5) is 28.9 Å². The van der Waals surface area contributed by atoms with Crippen molar-refractivity contribution >= 4 is 28.6 Å². The number of hydrogen-bond donors (Lipinski definition) is 1. The average molecular weight is 449 g/mol. The van der Waals surface area contributed by atoms with E-state index in [0.29, 0.717) is 26.8 Å². The molecule has 1 amide bonds. The number of halogens is 4. The van der Waals surface area contributed by atoms with Gasteiger partial charge in [0.2, 0.25) is 0 Å². The molecule has 0 saturated carbocycles. The molecule has 0 spiro atoms. The first-order valence-electron chi connectivity index (χ1n) is 9.73. The first-order chi connectivity index (χ1) is 14.7. The summed E-state index contributed by atoms with van der Waals surface area (Å²) >= 11 is 1.11. The fraction of sp³-hybridized carbons (Fsp3) is 0.273. The van der Waals surface area contributed by atoms with Crippen LogP contribution in [0, 0.1) is 12.7 Å². The molecule has 0 atom stereocenters. The molecule has 1 aliphatic rings. The minimum atomic E-state index is -4.51. The van der Waals surface area contributed by atoms with Crippen molar-refractivity contribution in [2.24, 2.45) is 0 Å². The van der Waals surface area contributed by atoms with E-state index in [1.165, 1.54) is 18.2 Å².